The van der Waals surface area contributed by atoms with Gasteiger partial charge in [0.05, 0.1) is 12.2 Å². The first-order valence-electron chi connectivity index (χ1n) is 8.58. The normalized spacial score (nSPS) is 10.7. The molecule has 0 fully saturated rings. The molecule has 0 aliphatic heterocycles. The van der Waals surface area contributed by atoms with E-state index in [2.05, 4.69) is 10.6 Å². The van der Waals surface area contributed by atoms with Gasteiger partial charge in [-0.1, -0.05) is 12.1 Å². The van der Waals surface area contributed by atoms with Gasteiger partial charge in [0.25, 0.3) is 5.91 Å². The summed E-state index contributed by atoms with van der Waals surface area (Å²) in [7, 11) is 0. The van der Waals surface area contributed by atoms with E-state index in [4.69, 9.17) is 14.7 Å². The van der Waals surface area contributed by atoms with Crippen molar-refractivity contribution in [1.29, 1.82) is 5.26 Å². The zero-order chi connectivity index (χ0) is 19.2. The summed E-state index contributed by atoms with van der Waals surface area (Å²) in [4.78, 5) is 23.5. The summed E-state index contributed by atoms with van der Waals surface area (Å²) in [5.41, 5.74) is 1.39. The van der Waals surface area contributed by atoms with Crippen molar-refractivity contribution < 1.29 is 19.1 Å². The molecular formula is C19H25N3O4. The van der Waals surface area contributed by atoms with Crippen LogP contribution in [0.25, 0.3) is 0 Å². The van der Waals surface area contributed by atoms with E-state index < -0.39 is 5.91 Å². The Kier molecular flexibility index (Phi) is 10.2. The van der Waals surface area contributed by atoms with Crippen molar-refractivity contribution in [2.75, 3.05) is 26.4 Å². The van der Waals surface area contributed by atoms with E-state index in [9.17, 15) is 9.59 Å². The first-order chi connectivity index (χ1) is 12.6. The molecule has 1 aromatic rings. The van der Waals surface area contributed by atoms with Crippen molar-refractivity contribution in [3.05, 3.63) is 47.2 Å². The average Bonchev–Trinajstić information content (AvgIpc) is 2.65. The lowest BCUT2D eigenvalue weighted by Crippen LogP contribution is -2.27. The maximum absolute atomic E-state index is 11.9. The first-order valence-corrected chi connectivity index (χ1v) is 8.58. The smallest absolute Gasteiger partial charge is 0.338 e. The lowest BCUT2D eigenvalue weighted by Gasteiger charge is -2.06. The Hall–Kier alpha value is -2.85. The molecule has 0 heterocycles. The van der Waals surface area contributed by atoms with Crippen molar-refractivity contribution in [1.82, 2.24) is 10.6 Å². The second kappa shape index (κ2) is 12.5. The number of rotatable bonds is 11. The van der Waals surface area contributed by atoms with E-state index >= 15 is 0 Å². The Bertz CT molecular complexity index is 648. The first kappa shape index (κ1) is 21.2. The topological polar surface area (TPSA) is 100 Å². The molecule has 0 bridgehead atoms. The van der Waals surface area contributed by atoms with Gasteiger partial charge < -0.3 is 20.1 Å². The van der Waals surface area contributed by atoms with Gasteiger partial charge in [-0.25, -0.2) is 4.79 Å². The quantitative estimate of drug-likeness (QED) is 0.271. The minimum absolute atomic E-state index is 0.00422. The molecule has 2 N–H and O–H groups in total. The average molecular weight is 359 g/mol. The number of ether oxygens (including phenoxy) is 2. The van der Waals surface area contributed by atoms with Gasteiger partial charge in [0, 0.05) is 32.5 Å². The maximum Gasteiger partial charge on any atom is 0.338 e. The van der Waals surface area contributed by atoms with Gasteiger partial charge in [-0.2, -0.15) is 5.26 Å². The number of nitrogens with zero attached hydrogens (tertiary/aromatic N) is 1. The van der Waals surface area contributed by atoms with E-state index in [0.29, 0.717) is 44.9 Å². The molecule has 0 unspecified atom stereocenters. The summed E-state index contributed by atoms with van der Waals surface area (Å²) in [6.45, 7) is 6.08. The van der Waals surface area contributed by atoms with E-state index in [1.54, 1.807) is 31.2 Å². The highest BCUT2D eigenvalue weighted by molar-refractivity contribution is 5.97. The predicted molar refractivity (Wildman–Crippen MR) is 97.1 cm³/mol. The lowest BCUT2D eigenvalue weighted by molar-refractivity contribution is -0.117. The standard InChI is InChI=1S/C19H25N3O4/c1-3-25-11-5-10-22-18(23)17(12-20)14-21-13-15-6-8-16(9-7-15)19(24)26-4-2/h6-9,14,21H,3-5,10-11,13H2,1-2H3,(H,22,23)/b17-14-. The van der Waals surface area contributed by atoms with Crippen molar-refractivity contribution in [2.24, 2.45) is 0 Å². The molecule has 0 aliphatic carbocycles. The minimum Gasteiger partial charge on any atom is -0.462 e. The molecule has 1 aromatic carbocycles. The Labute approximate surface area is 154 Å². The molecule has 1 amide bonds. The molecule has 0 aliphatic rings. The number of hydrogen-bond acceptors (Lipinski definition) is 6. The number of nitrogens with one attached hydrogen (secondary N) is 2. The molecule has 0 saturated carbocycles. The van der Waals surface area contributed by atoms with E-state index in [0.717, 1.165) is 5.56 Å². The summed E-state index contributed by atoms with van der Waals surface area (Å²) in [6, 6.07) is 8.79. The van der Waals surface area contributed by atoms with Crippen molar-refractivity contribution in [3.8, 4) is 6.07 Å². The Balaban J connectivity index is 2.45. The number of nitriles is 1. The maximum atomic E-state index is 11.9. The molecule has 0 radical (unpaired) electrons. The fraction of sp³-hybridized carbons (Fsp3) is 0.421. The summed E-state index contributed by atoms with van der Waals surface area (Å²) >= 11 is 0. The van der Waals surface area contributed by atoms with Crippen molar-refractivity contribution in [2.45, 2.75) is 26.8 Å². The number of amides is 1. The summed E-state index contributed by atoms with van der Waals surface area (Å²) in [5.74, 6) is -0.783. The number of carbonyl (C=O) groups is 2. The molecule has 0 atom stereocenters. The van der Waals surface area contributed by atoms with Crippen LogP contribution in [0.2, 0.25) is 0 Å². The van der Waals surface area contributed by atoms with Crippen LogP contribution in [0.15, 0.2) is 36.0 Å². The van der Waals surface area contributed by atoms with Gasteiger partial charge in [0.15, 0.2) is 0 Å². The second-order valence-electron chi connectivity index (χ2n) is 5.27. The molecule has 1 rings (SSSR count). The number of hydrogen-bond donors (Lipinski definition) is 2. The second-order valence-corrected chi connectivity index (χ2v) is 5.27. The molecule has 0 aromatic heterocycles. The van der Waals surface area contributed by atoms with Crippen LogP contribution in [0.1, 0.15) is 36.2 Å². The Morgan fingerprint density at radius 3 is 2.54 bits per heavy atom. The van der Waals surface area contributed by atoms with E-state index in [-0.39, 0.29) is 11.5 Å². The van der Waals surface area contributed by atoms with Crippen molar-refractivity contribution in [3.63, 3.8) is 0 Å². The van der Waals surface area contributed by atoms with Crippen LogP contribution in [-0.4, -0.2) is 38.2 Å². The third kappa shape index (κ3) is 7.81. The highest BCUT2D eigenvalue weighted by Crippen LogP contribution is 2.06. The largest absolute Gasteiger partial charge is 0.462 e. The van der Waals surface area contributed by atoms with Gasteiger partial charge in [0.2, 0.25) is 0 Å². The van der Waals surface area contributed by atoms with Crippen LogP contribution in [-0.2, 0) is 20.8 Å². The van der Waals surface area contributed by atoms with Crippen LogP contribution in [0, 0.1) is 11.3 Å². The summed E-state index contributed by atoms with van der Waals surface area (Å²) in [6.07, 6.45) is 2.08. The van der Waals surface area contributed by atoms with Gasteiger partial charge in [-0.3, -0.25) is 4.79 Å². The van der Waals surface area contributed by atoms with Crippen LogP contribution >= 0.6 is 0 Å². The molecule has 26 heavy (non-hydrogen) atoms. The fourth-order valence-corrected chi connectivity index (χ4v) is 2.01. The minimum atomic E-state index is -0.422. The fourth-order valence-electron chi connectivity index (χ4n) is 2.01. The van der Waals surface area contributed by atoms with Crippen LogP contribution in [0.3, 0.4) is 0 Å². The van der Waals surface area contributed by atoms with Crippen LogP contribution < -0.4 is 10.6 Å². The van der Waals surface area contributed by atoms with E-state index in [1.165, 1.54) is 6.20 Å². The SMILES string of the molecule is CCOCCCNC(=O)/C(C#N)=C\NCc1ccc(C(=O)OCC)cc1. The molecule has 7 nitrogen and oxygen atoms in total. The zero-order valence-electron chi connectivity index (χ0n) is 15.2. The number of carbonyl (C=O) groups excluding carboxylic acids is 2. The number of esters is 1. The third-order valence-electron chi connectivity index (χ3n) is 3.34. The Morgan fingerprint density at radius 1 is 1.19 bits per heavy atom. The van der Waals surface area contributed by atoms with Crippen LogP contribution in [0.4, 0.5) is 0 Å². The molecule has 7 heteroatoms. The van der Waals surface area contributed by atoms with Crippen molar-refractivity contribution >= 4 is 11.9 Å². The monoisotopic (exact) mass is 359 g/mol. The predicted octanol–water partition coefficient (Wildman–Crippen LogP) is 1.90. The molecule has 140 valence electrons. The van der Waals surface area contributed by atoms with Gasteiger partial charge in [0.1, 0.15) is 11.6 Å². The lowest BCUT2D eigenvalue weighted by atomic mass is 10.1. The van der Waals surface area contributed by atoms with Gasteiger partial charge in [-0.05, 0) is 38.0 Å². The Morgan fingerprint density at radius 2 is 1.92 bits per heavy atom. The molecular weight excluding hydrogens is 334 g/mol. The van der Waals surface area contributed by atoms with Gasteiger partial charge >= 0.3 is 5.97 Å². The summed E-state index contributed by atoms with van der Waals surface area (Å²) < 4.78 is 10.1. The highest BCUT2D eigenvalue weighted by atomic mass is 16.5. The third-order valence-corrected chi connectivity index (χ3v) is 3.34. The van der Waals surface area contributed by atoms with Crippen LogP contribution in [0.5, 0.6) is 0 Å². The zero-order valence-corrected chi connectivity index (χ0v) is 15.2. The van der Waals surface area contributed by atoms with E-state index in [1.807, 2.05) is 13.0 Å². The molecule has 0 spiro atoms. The molecule has 0 saturated heterocycles. The van der Waals surface area contributed by atoms with Gasteiger partial charge in [-0.15, -0.1) is 0 Å². The highest BCUT2D eigenvalue weighted by Gasteiger charge is 2.08. The number of benzene rings is 1. The summed E-state index contributed by atoms with van der Waals surface area (Å²) in [5, 5.41) is 14.7.